The van der Waals surface area contributed by atoms with Crippen molar-refractivity contribution in [3.63, 3.8) is 0 Å². The summed E-state index contributed by atoms with van der Waals surface area (Å²) in [4.78, 5) is 12.9. The van der Waals surface area contributed by atoms with Gasteiger partial charge in [0, 0.05) is 24.0 Å². The first-order chi connectivity index (χ1) is 13.1. The number of nitrogens with zero attached hydrogens (tertiary/aromatic N) is 1. The molecular weight excluding hydrogens is 336 g/mol. The third-order valence-corrected chi connectivity index (χ3v) is 5.18. The number of methoxy groups -OCH3 is 1. The average Bonchev–Trinajstić information content (AvgIpc) is 2.99. The fourth-order valence-corrected chi connectivity index (χ4v) is 3.61. The van der Waals surface area contributed by atoms with Gasteiger partial charge in [0.15, 0.2) is 0 Å². The van der Waals surface area contributed by atoms with Gasteiger partial charge < -0.3 is 14.6 Å². The summed E-state index contributed by atoms with van der Waals surface area (Å²) in [7, 11) is 1.66. The number of carbonyl (C=O) groups excluding carboxylic acids is 1. The Labute approximate surface area is 161 Å². The third-order valence-electron chi connectivity index (χ3n) is 5.18. The molecule has 0 aliphatic carbocycles. The Morgan fingerprint density at radius 2 is 1.78 bits per heavy atom. The van der Waals surface area contributed by atoms with E-state index < -0.39 is 0 Å². The zero-order valence-electron chi connectivity index (χ0n) is 16.6. The summed E-state index contributed by atoms with van der Waals surface area (Å²) in [5.74, 6) is 0.842. The average molecular weight is 364 g/mol. The van der Waals surface area contributed by atoms with Crippen LogP contribution in [0.2, 0.25) is 0 Å². The second-order valence-corrected chi connectivity index (χ2v) is 6.78. The van der Waals surface area contributed by atoms with Crippen LogP contribution >= 0.6 is 0 Å². The topological polar surface area (TPSA) is 43.3 Å². The molecule has 1 N–H and O–H groups in total. The normalized spacial score (nSPS) is 11.0. The lowest BCUT2D eigenvalue weighted by Gasteiger charge is -2.10. The predicted molar refractivity (Wildman–Crippen MR) is 111 cm³/mol. The second-order valence-electron chi connectivity index (χ2n) is 6.78. The molecule has 0 spiro atoms. The first kappa shape index (κ1) is 19.0. The largest absolute Gasteiger partial charge is 0.497 e. The van der Waals surface area contributed by atoms with E-state index in [2.05, 4.69) is 41.9 Å². The van der Waals surface area contributed by atoms with E-state index in [4.69, 9.17) is 4.74 Å². The molecule has 4 heteroatoms. The van der Waals surface area contributed by atoms with Crippen molar-refractivity contribution < 1.29 is 9.53 Å². The number of carbonyl (C=O) groups is 1. The van der Waals surface area contributed by atoms with Gasteiger partial charge in [0.2, 0.25) is 0 Å². The van der Waals surface area contributed by atoms with Gasteiger partial charge in [-0.05, 0) is 67.6 Å². The molecule has 2 aromatic carbocycles. The third kappa shape index (κ3) is 3.85. The highest BCUT2D eigenvalue weighted by Gasteiger charge is 2.19. The summed E-state index contributed by atoms with van der Waals surface area (Å²) < 4.78 is 7.30. The minimum atomic E-state index is -0.00268. The summed E-state index contributed by atoms with van der Waals surface area (Å²) in [6, 6.07) is 14.5. The van der Waals surface area contributed by atoms with E-state index in [1.807, 2.05) is 31.2 Å². The van der Waals surface area contributed by atoms with E-state index in [1.54, 1.807) is 7.11 Å². The first-order valence-electron chi connectivity index (χ1n) is 9.61. The molecule has 1 heterocycles. The van der Waals surface area contributed by atoms with Gasteiger partial charge in [-0.15, -0.1) is 0 Å². The maximum atomic E-state index is 12.9. The Morgan fingerprint density at radius 3 is 2.41 bits per heavy atom. The number of hydrogen-bond acceptors (Lipinski definition) is 2. The molecule has 3 rings (SSSR count). The van der Waals surface area contributed by atoms with Gasteiger partial charge in [-0.1, -0.05) is 25.1 Å². The number of hydrogen-bond donors (Lipinski definition) is 1. The Balaban J connectivity index is 1.77. The molecule has 1 aromatic heterocycles. The molecule has 1 amide bonds. The predicted octanol–water partition coefficient (Wildman–Crippen LogP) is 4.51. The molecule has 0 saturated heterocycles. The number of benzene rings is 2. The monoisotopic (exact) mass is 364 g/mol. The molecule has 27 heavy (non-hydrogen) atoms. The number of nitrogens with one attached hydrogen (secondary N) is 1. The van der Waals surface area contributed by atoms with Crippen molar-refractivity contribution in [1.82, 2.24) is 9.88 Å². The molecule has 0 fully saturated rings. The zero-order valence-corrected chi connectivity index (χ0v) is 16.6. The van der Waals surface area contributed by atoms with Crippen molar-refractivity contribution in [3.8, 4) is 5.75 Å². The van der Waals surface area contributed by atoms with E-state index in [0.29, 0.717) is 6.54 Å². The van der Waals surface area contributed by atoms with Crippen molar-refractivity contribution in [2.24, 2.45) is 0 Å². The fourth-order valence-electron chi connectivity index (χ4n) is 3.61. The molecule has 4 nitrogen and oxygen atoms in total. The Bertz CT molecular complexity index is 939. The van der Waals surface area contributed by atoms with E-state index in [0.717, 1.165) is 41.9 Å². The van der Waals surface area contributed by atoms with E-state index >= 15 is 0 Å². The standard InChI is InChI=1S/C23H28N2O2/c1-5-17-9-12-21-20(15-17)16(3)22(25(21)6-2)23(26)24-14-13-18-7-10-19(27-4)11-8-18/h7-12,15H,5-6,13-14H2,1-4H3,(H,24,26). The molecule has 0 bridgehead atoms. The number of aryl methyl sites for hydroxylation is 3. The lowest BCUT2D eigenvalue weighted by molar-refractivity contribution is 0.0945. The van der Waals surface area contributed by atoms with Crippen LogP contribution in [0.3, 0.4) is 0 Å². The SMILES string of the molecule is CCc1ccc2c(c1)c(C)c(C(=O)NCCc1ccc(OC)cc1)n2CC. The molecule has 0 aliphatic rings. The van der Waals surface area contributed by atoms with Crippen molar-refractivity contribution in [2.75, 3.05) is 13.7 Å². The van der Waals surface area contributed by atoms with Crippen LogP contribution in [0, 0.1) is 6.92 Å². The Kier molecular flexibility index (Phi) is 5.84. The van der Waals surface area contributed by atoms with Crippen molar-refractivity contribution >= 4 is 16.8 Å². The molecule has 3 aromatic rings. The van der Waals surface area contributed by atoms with Crippen molar-refractivity contribution in [3.05, 3.63) is 64.8 Å². The zero-order chi connectivity index (χ0) is 19.4. The minimum absolute atomic E-state index is 0.00268. The highest BCUT2D eigenvalue weighted by molar-refractivity contribution is 6.01. The first-order valence-corrected chi connectivity index (χ1v) is 9.61. The Morgan fingerprint density at radius 1 is 1.07 bits per heavy atom. The van der Waals surface area contributed by atoms with E-state index in [9.17, 15) is 4.79 Å². The maximum absolute atomic E-state index is 12.9. The minimum Gasteiger partial charge on any atom is -0.497 e. The lowest BCUT2D eigenvalue weighted by Crippen LogP contribution is -2.28. The molecule has 142 valence electrons. The van der Waals surface area contributed by atoms with Gasteiger partial charge in [0.1, 0.15) is 11.4 Å². The van der Waals surface area contributed by atoms with Crippen LogP contribution < -0.4 is 10.1 Å². The molecule has 0 radical (unpaired) electrons. The van der Waals surface area contributed by atoms with Crippen LogP contribution in [0.5, 0.6) is 5.75 Å². The van der Waals surface area contributed by atoms with Crippen LogP contribution in [0.1, 0.15) is 41.0 Å². The van der Waals surface area contributed by atoms with Crippen molar-refractivity contribution in [1.29, 1.82) is 0 Å². The summed E-state index contributed by atoms with van der Waals surface area (Å²) >= 11 is 0. The van der Waals surface area contributed by atoms with Gasteiger partial charge in [0.05, 0.1) is 7.11 Å². The summed E-state index contributed by atoms with van der Waals surface area (Å²) in [6.45, 7) is 7.67. The number of rotatable bonds is 7. The lowest BCUT2D eigenvalue weighted by atomic mass is 10.1. The summed E-state index contributed by atoms with van der Waals surface area (Å²) in [5, 5.41) is 4.27. The second kappa shape index (κ2) is 8.30. The van der Waals surface area contributed by atoms with Crippen LogP contribution in [0.25, 0.3) is 10.9 Å². The molecule has 0 unspecified atom stereocenters. The number of fused-ring (bicyclic) bond motifs is 1. The highest BCUT2D eigenvalue weighted by Crippen LogP contribution is 2.27. The maximum Gasteiger partial charge on any atom is 0.268 e. The summed E-state index contributed by atoms with van der Waals surface area (Å²) in [5.41, 5.74) is 5.44. The van der Waals surface area contributed by atoms with E-state index in [1.165, 1.54) is 16.5 Å². The Hall–Kier alpha value is -2.75. The molecule has 0 saturated carbocycles. The van der Waals surface area contributed by atoms with Crippen LogP contribution in [0.4, 0.5) is 0 Å². The van der Waals surface area contributed by atoms with Gasteiger partial charge >= 0.3 is 0 Å². The van der Waals surface area contributed by atoms with Gasteiger partial charge in [0.25, 0.3) is 5.91 Å². The van der Waals surface area contributed by atoms with Crippen LogP contribution in [-0.2, 0) is 19.4 Å². The van der Waals surface area contributed by atoms with Gasteiger partial charge in [-0.2, -0.15) is 0 Å². The smallest absolute Gasteiger partial charge is 0.268 e. The summed E-state index contributed by atoms with van der Waals surface area (Å²) in [6.07, 6.45) is 1.79. The molecule has 0 atom stereocenters. The number of aromatic nitrogens is 1. The fraction of sp³-hybridized carbons (Fsp3) is 0.348. The molecule has 0 aliphatic heterocycles. The van der Waals surface area contributed by atoms with Gasteiger partial charge in [-0.25, -0.2) is 0 Å². The highest BCUT2D eigenvalue weighted by atomic mass is 16.5. The number of amides is 1. The van der Waals surface area contributed by atoms with Crippen LogP contribution in [0.15, 0.2) is 42.5 Å². The number of ether oxygens (including phenoxy) is 1. The van der Waals surface area contributed by atoms with Gasteiger partial charge in [-0.3, -0.25) is 4.79 Å². The van der Waals surface area contributed by atoms with Crippen LogP contribution in [-0.4, -0.2) is 24.1 Å². The van der Waals surface area contributed by atoms with Crippen molar-refractivity contribution in [2.45, 2.75) is 40.2 Å². The quantitative estimate of drug-likeness (QED) is 0.670. The molecular formula is C23H28N2O2. The van der Waals surface area contributed by atoms with E-state index in [-0.39, 0.29) is 5.91 Å².